The van der Waals surface area contributed by atoms with Crippen LogP contribution in [0.4, 0.5) is 0 Å². The standard InChI is InChI=1S/C12H17N5/c1-9(14-10-5-6-13-8-10)12-16-15-11-4-2-3-7-17(11)12/h2-4,7,9-10,13-14H,5-6,8H2,1H3. The first-order chi connectivity index (χ1) is 8.34. The molecule has 1 aliphatic rings. The average Bonchev–Trinajstić information content (AvgIpc) is 2.96. The van der Waals surface area contributed by atoms with Gasteiger partial charge in [0.2, 0.25) is 0 Å². The highest BCUT2D eigenvalue weighted by Gasteiger charge is 2.19. The molecule has 0 aromatic carbocycles. The molecule has 2 aromatic heterocycles. The molecule has 0 radical (unpaired) electrons. The van der Waals surface area contributed by atoms with Crippen LogP contribution in [0.25, 0.3) is 5.65 Å². The van der Waals surface area contributed by atoms with E-state index >= 15 is 0 Å². The molecule has 2 unspecified atom stereocenters. The third-order valence-electron chi connectivity index (χ3n) is 3.27. The molecule has 0 saturated carbocycles. The summed E-state index contributed by atoms with van der Waals surface area (Å²) in [6.45, 7) is 4.29. The Morgan fingerprint density at radius 3 is 3.24 bits per heavy atom. The number of aromatic nitrogens is 3. The molecule has 0 bridgehead atoms. The largest absolute Gasteiger partial charge is 0.315 e. The number of fused-ring (bicyclic) bond motifs is 1. The molecule has 2 N–H and O–H groups in total. The van der Waals surface area contributed by atoms with Crippen molar-refractivity contribution in [2.24, 2.45) is 0 Å². The smallest absolute Gasteiger partial charge is 0.160 e. The van der Waals surface area contributed by atoms with Crippen LogP contribution in [-0.4, -0.2) is 33.7 Å². The van der Waals surface area contributed by atoms with Crippen LogP contribution in [0.5, 0.6) is 0 Å². The van der Waals surface area contributed by atoms with Gasteiger partial charge in [-0.3, -0.25) is 4.40 Å². The van der Waals surface area contributed by atoms with Crippen LogP contribution in [0, 0.1) is 0 Å². The Hall–Kier alpha value is -1.46. The summed E-state index contributed by atoms with van der Waals surface area (Å²) >= 11 is 0. The third-order valence-corrected chi connectivity index (χ3v) is 3.27. The Balaban J connectivity index is 1.82. The maximum absolute atomic E-state index is 4.27. The highest BCUT2D eigenvalue weighted by atomic mass is 15.3. The molecule has 1 fully saturated rings. The number of hydrogen-bond donors (Lipinski definition) is 2. The molecule has 2 atom stereocenters. The van der Waals surface area contributed by atoms with Crippen LogP contribution < -0.4 is 10.6 Å². The minimum Gasteiger partial charge on any atom is -0.315 e. The Morgan fingerprint density at radius 2 is 2.41 bits per heavy atom. The van der Waals surface area contributed by atoms with Crippen molar-refractivity contribution in [3.05, 3.63) is 30.2 Å². The van der Waals surface area contributed by atoms with Crippen LogP contribution in [-0.2, 0) is 0 Å². The lowest BCUT2D eigenvalue weighted by atomic mass is 10.2. The van der Waals surface area contributed by atoms with Crippen molar-refractivity contribution in [2.75, 3.05) is 13.1 Å². The average molecular weight is 231 g/mol. The molecule has 1 aliphatic heterocycles. The van der Waals surface area contributed by atoms with Crippen molar-refractivity contribution in [3.63, 3.8) is 0 Å². The first-order valence-corrected chi connectivity index (χ1v) is 6.11. The lowest BCUT2D eigenvalue weighted by Gasteiger charge is -2.17. The van der Waals surface area contributed by atoms with Crippen LogP contribution in [0.1, 0.15) is 25.2 Å². The molecule has 1 saturated heterocycles. The molecular formula is C12H17N5. The van der Waals surface area contributed by atoms with E-state index in [0.717, 1.165) is 24.6 Å². The van der Waals surface area contributed by atoms with E-state index in [4.69, 9.17) is 0 Å². The SMILES string of the molecule is CC(NC1CCNC1)c1nnc2ccccn12. The molecule has 0 spiro atoms. The van der Waals surface area contributed by atoms with Gasteiger partial charge in [-0.05, 0) is 32.0 Å². The number of pyridine rings is 1. The second-order valence-corrected chi connectivity index (χ2v) is 4.57. The Labute approximate surface area is 100 Å². The topological polar surface area (TPSA) is 54.2 Å². The number of hydrogen-bond acceptors (Lipinski definition) is 4. The van der Waals surface area contributed by atoms with Crippen LogP contribution in [0.3, 0.4) is 0 Å². The van der Waals surface area contributed by atoms with Gasteiger partial charge in [0.15, 0.2) is 11.5 Å². The summed E-state index contributed by atoms with van der Waals surface area (Å²) in [5.41, 5.74) is 0.903. The molecule has 17 heavy (non-hydrogen) atoms. The number of nitrogens with zero attached hydrogens (tertiary/aromatic N) is 3. The fourth-order valence-corrected chi connectivity index (χ4v) is 2.38. The van der Waals surface area contributed by atoms with Crippen LogP contribution in [0.15, 0.2) is 24.4 Å². The molecule has 5 nitrogen and oxygen atoms in total. The zero-order chi connectivity index (χ0) is 11.7. The van der Waals surface area contributed by atoms with E-state index in [1.165, 1.54) is 6.42 Å². The molecule has 3 heterocycles. The number of rotatable bonds is 3. The Bertz CT molecular complexity index is 500. The van der Waals surface area contributed by atoms with Gasteiger partial charge >= 0.3 is 0 Å². The zero-order valence-corrected chi connectivity index (χ0v) is 9.93. The van der Waals surface area contributed by atoms with E-state index in [0.29, 0.717) is 6.04 Å². The molecule has 0 aliphatic carbocycles. The highest BCUT2D eigenvalue weighted by Crippen LogP contribution is 2.13. The third kappa shape index (κ3) is 2.03. The summed E-state index contributed by atoms with van der Waals surface area (Å²) < 4.78 is 2.04. The zero-order valence-electron chi connectivity index (χ0n) is 9.93. The summed E-state index contributed by atoms with van der Waals surface area (Å²) in [6, 6.07) is 6.72. The lowest BCUT2D eigenvalue weighted by Crippen LogP contribution is -2.34. The van der Waals surface area contributed by atoms with Gasteiger partial charge in [-0.2, -0.15) is 0 Å². The highest BCUT2D eigenvalue weighted by molar-refractivity contribution is 5.37. The maximum Gasteiger partial charge on any atom is 0.160 e. The first-order valence-electron chi connectivity index (χ1n) is 6.11. The first kappa shape index (κ1) is 10.7. The van der Waals surface area contributed by atoms with E-state index < -0.39 is 0 Å². The van der Waals surface area contributed by atoms with Gasteiger partial charge in [-0.25, -0.2) is 0 Å². The van der Waals surface area contributed by atoms with Crippen molar-refractivity contribution < 1.29 is 0 Å². The summed E-state index contributed by atoms with van der Waals surface area (Å²) in [6.07, 6.45) is 3.19. The molecule has 5 heteroatoms. The molecule has 2 aromatic rings. The van der Waals surface area contributed by atoms with Crippen LogP contribution in [0.2, 0.25) is 0 Å². The van der Waals surface area contributed by atoms with E-state index in [9.17, 15) is 0 Å². The second kappa shape index (κ2) is 4.43. The molecule has 0 amide bonds. The Kier molecular flexibility index (Phi) is 2.78. The summed E-state index contributed by atoms with van der Waals surface area (Å²) in [5, 5.41) is 15.4. The van der Waals surface area contributed by atoms with Crippen molar-refractivity contribution >= 4 is 5.65 Å². The summed E-state index contributed by atoms with van der Waals surface area (Å²) in [4.78, 5) is 0. The van der Waals surface area contributed by atoms with Crippen molar-refractivity contribution in [1.82, 2.24) is 25.2 Å². The van der Waals surface area contributed by atoms with Crippen molar-refractivity contribution in [3.8, 4) is 0 Å². The van der Waals surface area contributed by atoms with Gasteiger partial charge in [-0.1, -0.05) is 6.07 Å². The van der Waals surface area contributed by atoms with Gasteiger partial charge in [0, 0.05) is 18.8 Å². The van der Waals surface area contributed by atoms with Gasteiger partial charge in [0.05, 0.1) is 6.04 Å². The predicted molar refractivity (Wildman–Crippen MR) is 65.8 cm³/mol. The van der Waals surface area contributed by atoms with E-state index in [1.807, 2.05) is 28.8 Å². The van der Waals surface area contributed by atoms with E-state index in [-0.39, 0.29) is 6.04 Å². The van der Waals surface area contributed by atoms with Crippen molar-refractivity contribution in [2.45, 2.75) is 25.4 Å². The number of nitrogens with one attached hydrogen (secondary N) is 2. The minimum atomic E-state index is 0.220. The van der Waals surface area contributed by atoms with Crippen molar-refractivity contribution in [1.29, 1.82) is 0 Å². The lowest BCUT2D eigenvalue weighted by molar-refractivity contribution is 0.460. The Morgan fingerprint density at radius 1 is 1.47 bits per heavy atom. The predicted octanol–water partition coefficient (Wildman–Crippen LogP) is 0.742. The maximum atomic E-state index is 4.27. The van der Waals surface area contributed by atoms with Gasteiger partial charge in [-0.15, -0.1) is 10.2 Å². The van der Waals surface area contributed by atoms with Gasteiger partial charge in [0.25, 0.3) is 0 Å². The molecule has 90 valence electrons. The minimum absolute atomic E-state index is 0.220. The van der Waals surface area contributed by atoms with Crippen LogP contribution >= 0.6 is 0 Å². The fraction of sp³-hybridized carbons (Fsp3) is 0.500. The van der Waals surface area contributed by atoms with E-state index in [2.05, 4.69) is 27.8 Å². The normalized spacial score (nSPS) is 22.1. The fourth-order valence-electron chi connectivity index (χ4n) is 2.38. The quantitative estimate of drug-likeness (QED) is 0.818. The summed E-state index contributed by atoms with van der Waals surface area (Å²) in [5.74, 6) is 0.979. The van der Waals surface area contributed by atoms with Gasteiger partial charge < -0.3 is 10.6 Å². The monoisotopic (exact) mass is 231 g/mol. The van der Waals surface area contributed by atoms with Gasteiger partial charge in [0.1, 0.15) is 0 Å². The summed E-state index contributed by atoms with van der Waals surface area (Å²) in [7, 11) is 0. The molecular weight excluding hydrogens is 214 g/mol. The second-order valence-electron chi connectivity index (χ2n) is 4.57. The molecule has 3 rings (SSSR count). The van der Waals surface area contributed by atoms with E-state index in [1.54, 1.807) is 0 Å².